The van der Waals surface area contributed by atoms with Crippen LogP contribution in [-0.4, -0.2) is 9.97 Å². The van der Waals surface area contributed by atoms with E-state index in [9.17, 15) is 0 Å². The van der Waals surface area contributed by atoms with Crippen molar-refractivity contribution in [3.05, 3.63) is 60.2 Å². The second kappa shape index (κ2) is 3.76. The molecule has 0 atom stereocenters. The summed E-state index contributed by atoms with van der Waals surface area (Å²) in [7, 11) is 0. The summed E-state index contributed by atoms with van der Waals surface area (Å²) < 4.78 is 0. The maximum Gasteiger partial charge on any atom is 0.167 e. The lowest BCUT2D eigenvalue weighted by Crippen LogP contribution is -2.48. The van der Waals surface area contributed by atoms with E-state index in [1.165, 1.54) is 0 Å². The lowest BCUT2D eigenvalue weighted by atomic mass is 10.0. The number of benzene rings is 1. The van der Waals surface area contributed by atoms with Crippen LogP contribution < -0.4 is 11.5 Å². The zero-order valence-corrected chi connectivity index (χ0v) is 8.17. The van der Waals surface area contributed by atoms with Gasteiger partial charge in [-0.3, -0.25) is 0 Å². The number of rotatable bonds is 2. The number of hydrogen-bond acceptors (Lipinski definition) is 4. The predicted octanol–water partition coefficient (Wildman–Crippen LogP) is 0.595. The quantitative estimate of drug-likeness (QED) is 0.696. The third kappa shape index (κ3) is 1.86. The molecule has 2 aromatic rings. The second-order valence-electron chi connectivity index (χ2n) is 3.31. The van der Waals surface area contributed by atoms with Crippen molar-refractivity contribution < 1.29 is 0 Å². The molecule has 1 aromatic heterocycles. The molecule has 4 nitrogen and oxygen atoms in total. The van der Waals surface area contributed by atoms with Crippen molar-refractivity contribution in [2.24, 2.45) is 11.5 Å². The molecule has 4 N–H and O–H groups in total. The van der Waals surface area contributed by atoms with E-state index in [4.69, 9.17) is 11.5 Å². The van der Waals surface area contributed by atoms with Crippen LogP contribution in [0.5, 0.6) is 0 Å². The van der Waals surface area contributed by atoms with Crippen LogP contribution >= 0.6 is 0 Å². The van der Waals surface area contributed by atoms with Crippen molar-refractivity contribution in [1.82, 2.24) is 9.97 Å². The first kappa shape index (κ1) is 9.76. The van der Waals surface area contributed by atoms with Gasteiger partial charge in [-0.15, -0.1) is 0 Å². The van der Waals surface area contributed by atoms with E-state index < -0.39 is 5.66 Å². The van der Waals surface area contributed by atoms with E-state index in [2.05, 4.69) is 9.97 Å². The average molecular weight is 200 g/mol. The molecule has 0 unspecified atom stereocenters. The number of nitrogens with zero attached hydrogens (tertiary/aromatic N) is 2. The topological polar surface area (TPSA) is 77.8 Å². The van der Waals surface area contributed by atoms with E-state index in [1.807, 2.05) is 30.3 Å². The van der Waals surface area contributed by atoms with Crippen LogP contribution in [0.4, 0.5) is 0 Å². The Morgan fingerprint density at radius 1 is 0.867 bits per heavy atom. The van der Waals surface area contributed by atoms with Crippen LogP contribution in [0.15, 0.2) is 48.8 Å². The first-order valence-electron chi connectivity index (χ1n) is 4.62. The molecule has 0 saturated heterocycles. The summed E-state index contributed by atoms with van der Waals surface area (Å²) in [6.07, 6.45) is 3.25. The standard InChI is InChI=1S/C11H12N4/c12-11(13,9-5-2-1-3-6-9)10-14-7-4-8-15-10/h1-8H,12-13H2. The third-order valence-electron chi connectivity index (χ3n) is 2.19. The maximum atomic E-state index is 6.01. The van der Waals surface area contributed by atoms with Crippen molar-refractivity contribution in [3.8, 4) is 0 Å². The summed E-state index contributed by atoms with van der Waals surface area (Å²) in [5.74, 6) is 0.413. The van der Waals surface area contributed by atoms with Gasteiger partial charge in [0, 0.05) is 12.4 Å². The molecule has 0 amide bonds. The van der Waals surface area contributed by atoms with E-state index in [-0.39, 0.29) is 0 Å². The first-order valence-corrected chi connectivity index (χ1v) is 4.62. The molecule has 0 fully saturated rings. The molecule has 15 heavy (non-hydrogen) atoms. The zero-order valence-electron chi connectivity index (χ0n) is 8.17. The Morgan fingerprint density at radius 3 is 2.07 bits per heavy atom. The van der Waals surface area contributed by atoms with Gasteiger partial charge in [0.1, 0.15) is 0 Å². The summed E-state index contributed by atoms with van der Waals surface area (Å²) in [5.41, 5.74) is 11.7. The van der Waals surface area contributed by atoms with Crippen LogP contribution in [0.1, 0.15) is 11.4 Å². The Morgan fingerprint density at radius 2 is 1.47 bits per heavy atom. The number of hydrogen-bond donors (Lipinski definition) is 2. The minimum atomic E-state index is -1.14. The molecule has 0 aliphatic carbocycles. The highest BCUT2D eigenvalue weighted by Gasteiger charge is 2.26. The van der Waals surface area contributed by atoms with Gasteiger partial charge < -0.3 is 11.5 Å². The molecular formula is C11H12N4. The Kier molecular flexibility index (Phi) is 2.45. The smallest absolute Gasteiger partial charge is 0.167 e. The minimum Gasteiger partial charge on any atom is -0.303 e. The number of aromatic nitrogens is 2. The molecule has 1 aromatic carbocycles. The first-order chi connectivity index (χ1) is 7.21. The fraction of sp³-hybridized carbons (Fsp3) is 0.0909. The SMILES string of the molecule is NC(N)(c1ccccc1)c1ncccn1. The normalized spacial score (nSPS) is 11.3. The Hall–Kier alpha value is -1.78. The summed E-state index contributed by atoms with van der Waals surface area (Å²) in [6, 6.07) is 11.1. The number of nitrogens with two attached hydrogens (primary N) is 2. The minimum absolute atomic E-state index is 0.413. The second-order valence-corrected chi connectivity index (χ2v) is 3.31. The van der Waals surface area contributed by atoms with Crippen LogP contribution in [0.3, 0.4) is 0 Å². The van der Waals surface area contributed by atoms with E-state index >= 15 is 0 Å². The van der Waals surface area contributed by atoms with Crippen LogP contribution in [0.2, 0.25) is 0 Å². The summed E-state index contributed by atoms with van der Waals surface area (Å²) in [6.45, 7) is 0. The molecule has 4 heteroatoms. The molecule has 0 saturated carbocycles. The molecule has 1 heterocycles. The van der Waals surface area contributed by atoms with Crippen molar-refractivity contribution in [2.45, 2.75) is 5.66 Å². The molecule has 2 rings (SSSR count). The molecular weight excluding hydrogens is 188 g/mol. The largest absolute Gasteiger partial charge is 0.303 e. The highest BCUT2D eigenvalue weighted by atomic mass is 15.1. The monoisotopic (exact) mass is 200 g/mol. The van der Waals surface area contributed by atoms with E-state index in [0.29, 0.717) is 5.82 Å². The van der Waals surface area contributed by atoms with Gasteiger partial charge in [-0.1, -0.05) is 30.3 Å². The fourth-order valence-corrected chi connectivity index (χ4v) is 1.36. The van der Waals surface area contributed by atoms with Gasteiger partial charge in [-0.25, -0.2) is 9.97 Å². The van der Waals surface area contributed by atoms with Gasteiger partial charge in [-0.2, -0.15) is 0 Å². The molecule has 0 radical (unpaired) electrons. The Labute approximate surface area is 88.0 Å². The van der Waals surface area contributed by atoms with Gasteiger partial charge in [0.05, 0.1) is 0 Å². The molecule has 0 bridgehead atoms. The summed E-state index contributed by atoms with van der Waals surface area (Å²) in [4.78, 5) is 8.13. The molecule has 0 aliphatic heterocycles. The van der Waals surface area contributed by atoms with Gasteiger partial charge in [0.15, 0.2) is 11.5 Å². The van der Waals surface area contributed by atoms with Crippen molar-refractivity contribution >= 4 is 0 Å². The third-order valence-corrected chi connectivity index (χ3v) is 2.19. The fourth-order valence-electron chi connectivity index (χ4n) is 1.36. The van der Waals surface area contributed by atoms with E-state index in [0.717, 1.165) is 5.56 Å². The van der Waals surface area contributed by atoms with Crippen molar-refractivity contribution in [2.75, 3.05) is 0 Å². The van der Waals surface area contributed by atoms with Gasteiger partial charge >= 0.3 is 0 Å². The summed E-state index contributed by atoms with van der Waals surface area (Å²) >= 11 is 0. The van der Waals surface area contributed by atoms with Crippen LogP contribution in [0, 0.1) is 0 Å². The Balaban J connectivity index is 2.44. The summed E-state index contributed by atoms with van der Waals surface area (Å²) in [5, 5.41) is 0. The van der Waals surface area contributed by atoms with Crippen molar-refractivity contribution in [3.63, 3.8) is 0 Å². The Bertz CT molecular complexity index is 383. The maximum absolute atomic E-state index is 6.01. The van der Waals surface area contributed by atoms with Crippen LogP contribution in [0.25, 0.3) is 0 Å². The molecule has 0 aliphatic rings. The van der Waals surface area contributed by atoms with Crippen molar-refractivity contribution in [1.29, 1.82) is 0 Å². The van der Waals surface area contributed by atoms with Crippen LogP contribution in [-0.2, 0) is 5.66 Å². The molecule has 76 valence electrons. The predicted molar refractivity (Wildman–Crippen MR) is 57.6 cm³/mol. The molecule has 0 spiro atoms. The lowest BCUT2D eigenvalue weighted by molar-refractivity contribution is 0.526. The highest BCUT2D eigenvalue weighted by molar-refractivity contribution is 5.29. The van der Waals surface area contributed by atoms with Gasteiger partial charge in [0.2, 0.25) is 0 Å². The lowest BCUT2D eigenvalue weighted by Gasteiger charge is -2.22. The van der Waals surface area contributed by atoms with Gasteiger partial charge in [0.25, 0.3) is 0 Å². The van der Waals surface area contributed by atoms with Gasteiger partial charge in [-0.05, 0) is 11.6 Å². The zero-order chi connectivity index (χ0) is 10.7. The highest BCUT2D eigenvalue weighted by Crippen LogP contribution is 2.17. The van der Waals surface area contributed by atoms with E-state index in [1.54, 1.807) is 18.5 Å². The average Bonchev–Trinajstić information content (AvgIpc) is 2.31.